The van der Waals surface area contributed by atoms with Crippen molar-refractivity contribution in [3.8, 4) is 5.75 Å². The van der Waals surface area contributed by atoms with Crippen LogP contribution in [0.15, 0.2) is 30.4 Å². The summed E-state index contributed by atoms with van der Waals surface area (Å²) in [5, 5.41) is 13.4. The molecule has 1 saturated heterocycles. The molecule has 1 heterocycles. The topological polar surface area (TPSA) is 49.3 Å². The molecule has 1 fully saturated rings. The molecule has 19 heavy (non-hydrogen) atoms. The number of ketones is 1. The van der Waals surface area contributed by atoms with E-state index in [-0.39, 0.29) is 11.7 Å². The maximum absolute atomic E-state index is 12.7. The predicted octanol–water partition coefficient (Wildman–Crippen LogP) is 1.69. The standard InChI is InChI=1S/C16H17NO2/c18-11-5-4-10-8-14-12-2-1-3-15(19)16(12,6-7-17-14)13(10)9-11/h1-2,4-5,9,12,14,17-18H,3,6-8H2/t12-,14+,16-/m0/s1. The lowest BCUT2D eigenvalue weighted by Crippen LogP contribution is -2.61. The predicted molar refractivity (Wildman–Crippen MR) is 72.2 cm³/mol. The number of phenols is 1. The molecule has 3 heteroatoms. The highest BCUT2D eigenvalue weighted by atomic mass is 16.3. The largest absolute Gasteiger partial charge is 0.508 e. The molecule has 3 nitrogen and oxygen atoms in total. The molecule has 0 radical (unpaired) electrons. The maximum atomic E-state index is 12.7. The summed E-state index contributed by atoms with van der Waals surface area (Å²) < 4.78 is 0. The van der Waals surface area contributed by atoms with E-state index in [0.29, 0.717) is 18.2 Å². The van der Waals surface area contributed by atoms with E-state index >= 15 is 0 Å². The smallest absolute Gasteiger partial charge is 0.147 e. The number of carbonyl (C=O) groups excluding carboxylic acids is 1. The number of benzene rings is 1. The van der Waals surface area contributed by atoms with Gasteiger partial charge in [-0.3, -0.25) is 4.79 Å². The molecule has 1 aromatic carbocycles. The Morgan fingerprint density at radius 1 is 1.37 bits per heavy atom. The number of phenolic OH excluding ortho intramolecular Hbond substituents is 1. The molecular formula is C16H17NO2. The molecule has 3 aliphatic rings. The van der Waals surface area contributed by atoms with E-state index in [4.69, 9.17) is 0 Å². The van der Waals surface area contributed by atoms with Crippen molar-refractivity contribution in [2.75, 3.05) is 6.54 Å². The van der Waals surface area contributed by atoms with Gasteiger partial charge >= 0.3 is 0 Å². The minimum Gasteiger partial charge on any atom is -0.508 e. The third kappa shape index (κ3) is 1.34. The van der Waals surface area contributed by atoms with Crippen molar-refractivity contribution in [2.24, 2.45) is 5.92 Å². The van der Waals surface area contributed by atoms with E-state index in [2.05, 4.69) is 11.4 Å². The highest BCUT2D eigenvalue weighted by Gasteiger charge is 2.54. The average Bonchev–Trinajstić information content (AvgIpc) is 2.40. The van der Waals surface area contributed by atoms with Gasteiger partial charge < -0.3 is 10.4 Å². The van der Waals surface area contributed by atoms with Crippen LogP contribution in [0, 0.1) is 5.92 Å². The summed E-state index contributed by atoms with van der Waals surface area (Å²) in [6, 6.07) is 5.88. The maximum Gasteiger partial charge on any atom is 0.147 e. The van der Waals surface area contributed by atoms with Gasteiger partial charge in [0.2, 0.25) is 0 Å². The van der Waals surface area contributed by atoms with Crippen molar-refractivity contribution in [1.82, 2.24) is 5.32 Å². The molecule has 1 aromatic rings. The van der Waals surface area contributed by atoms with Crippen molar-refractivity contribution >= 4 is 5.78 Å². The Bertz CT molecular complexity index is 592. The summed E-state index contributed by atoms with van der Waals surface area (Å²) in [7, 11) is 0. The van der Waals surface area contributed by atoms with Gasteiger partial charge in [0, 0.05) is 18.4 Å². The number of carbonyl (C=O) groups is 1. The fourth-order valence-corrected chi connectivity index (χ4v) is 4.28. The average molecular weight is 255 g/mol. The molecule has 0 spiro atoms. The SMILES string of the molecule is O=C1CC=C[C@H]2[C@H]3Cc4ccc(O)cc4[C@@]12CCN3. The lowest BCUT2D eigenvalue weighted by atomic mass is 9.54. The van der Waals surface area contributed by atoms with Crippen LogP contribution in [0.3, 0.4) is 0 Å². The van der Waals surface area contributed by atoms with Crippen LogP contribution < -0.4 is 5.32 Å². The van der Waals surface area contributed by atoms with Crippen LogP contribution in [0.2, 0.25) is 0 Å². The molecule has 0 saturated carbocycles. The van der Waals surface area contributed by atoms with Crippen molar-refractivity contribution < 1.29 is 9.90 Å². The van der Waals surface area contributed by atoms with Crippen LogP contribution in [0.4, 0.5) is 0 Å². The van der Waals surface area contributed by atoms with Crippen molar-refractivity contribution in [1.29, 1.82) is 0 Å². The third-order valence-corrected chi connectivity index (χ3v) is 5.09. The number of Topliss-reactive ketones (excluding diaryl/α,β-unsaturated/α-hetero) is 1. The monoisotopic (exact) mass is 255 g/mol. The molecule has 0 unspecified atom stereocenters. The van der Waals surface area contributed by atoms with Gasteiger partial charge in [0.1, 0.15) is 11.5 Å². The number of nitrogens with one attached hydrogen (secondary N) is 1. The number of aromatic hydroxyl groups is 1. The molecule has 2 aliphatic carbocycles. The zero-order valence-corrected chi connectivity index (χ0v) is 10.7. The Hall–Kier alpha value is -1.61. The Labute approximate surface area is 112 Å². The first-order chi connectivity index (χ1) is 9.22. The summed E-state index contributed by atoms with van der Waals surface area (Å²) in [5.74, 6) is 0.834. The van der Waals surface area contributed by atoms with Crippen molar-refractivity contribution in [2.45, 2.75) is 30.7 Å². The van der Waals surface area contributed by atoms with Gasteiger partial charge in [-0.15, -0.1) is 0 Å². The first-order valence-corrected chi connectivity index (χ1v) is 6.97. The highest BCUT2D eigenvalue weighted by Crippen LogP contribution is 2.50. The molecule has 98 valence electrons. The number of hydrogen-bond donors (Lipinski definition) is 2. The summed E-state index contributed by atoms with van der Waals surface area (Å²) in [6.45, 7) is 0.885. The molecule has 0 aromatic heterocycles. The number of allylic oxidation sites excluding steroid dienone is 1. The van der Waals surface area contributed by atoms with Gasteiger partial charge in [0.15, 0.2) is 0 Å². The normalized spacial score (nSPS) is 35.7. The van der Waals surface area contributed by atoms with E-state index < -0.39 is 5.41 Å². The fraction of sp³-hybridized carbons (Fsp3) is 0.438. The van der Waals surface area contributed by atoms with Crippen LogP contribution in [0.5, 0.6) is 5.75 Å². The Morgan fingerprint density at radius 3 is 3.16 bits per heavy atom. The lowest BCUT2D eigenvalue weighted by molar-refractivity contribution is -0.128. The van der Waals surface area contributed by atoms with E-state index in [0.717, 1.165) is 24.9 Å². The second kappa shape index (κ2) is 3.70. The Kier molecular flexibility index (Phi) is 2.19. The molecule has 3 atom stereocenters. The minimum atomic E-state index is -0.392. The summed E-state index contributed by atoms with van der Waals surface area (Å²) in [5.41, 5.74) is 1.90. The van der Waals surface area contributed by atoms with Crippen molar-refractivity contribution in [3.05, 3.63) is 41.5 Å². The van der Waals surface area contributed by atoms with Crippen LogP contribution >= 0.6 is 0 Å². The number of hydrogen-bond acceptors (Lipinski definition) is 3. The molecular weight excluding hydrogens is 238 g/mol. The van der Waals surface area contributed by atoms with E-state index in [1.54, 1.807) is 6.07 Å². The van der Waals surface area contributed by atoms with Gasteiger partial charge in [-0.2, -0.15) is 0 Å². The van der Waals surface area contributed by atoms with Crippen LogP contribution in [-0.2, 0) is 16.6 Å². The van der Waals surface area contributed by atoms with Crippen molar-refractivity contribution in [3.63, 3.8) is 0 Å². The first-order valence-electron chi connectivity index (χ1n) is 6.97. The van der Waals surface area contributed by atoms with Gasteiger partial charge in [0.25, 0.3) is 0 Å². The molecule has 4 rings (SSSR count). The number of piperidine rings is 1. The summed E-state index contributed by atoms with van der Waals surface area (Å²) in [4.78, 5) is 12.7. The van der Waals surface area contributed by atoms with Crippen LogP contribution in [0.25, 0.3) is 0 Å². The fourth-order valence-electron chi connectivity index (χ4n) is 4.28. The zero-order valence-electron chi connectivity index (χ0n) is 10.7. The van der Waals surface area contributed by atoms with E-state index in [1.165, 1.54) is 5.56 Å². The van der Waals surface area contributed by atoms with Gasteiger partial charge in [-0.25, -0.2) is 0 Å². The lowest BCUT2D eigenvalue weighted by Gasteiger charge is -2.52. The van der Waals surface area contributed by atoms with Crippen LogP contribution in [-0.4, -0.2) is 23.5 Å². The van der Waals surface area contributed by atoms with E-state index in [9.17, 15) is 9.90 Å². The zero-order chi connectivity index (χ0) is 13.0. The van der Waals surface area contributed by atoms with Crippen LogP contribution in [0.1, 0.15) is 24.0 Å². The van der Waals surface area contributed by atoms with Gasteiger partial charge in [0.05, 0.1) is 5.41 Å². The molecule has 0 amide bonds. The quantitative estimate of drug-likeness (QED) is 0.694. The van der Waals surface area contributed by atoms with Gasteiger partial charge in [-0.05, 0) is 42.6 Å². The number of rotatable bonds is 0. The summed E-state index contributed by atoms with van der Waals surface area (Å²) in [6.07, 6.45) is 6.54. The van der Waals surface area contributed by atoms with Gasteiger partial charge in [-0.1, -0.05) is 18.2 Å². The van der Waals surface area contributed by atoms with E-state index in [1.807, 2.05) is 18.2 Å². The Balaban J connectivity index is 2.01. The minimum absolute atomic E-state index is 0.247. The first kappa shape index (κ1) is 11.2. The highest BCUT2D eigenvalue weighted by molar-refractivity contribution is 5.94. The third-order valence-electron chi connectivity index (χ3n) is 5.09. The second-order valence-corrected chi connectivity index (χ2v) is 5.91. The molecule has 2 N–H and O–H groups in total. The molecule has 2 bridgehead atoms. The molecule has 1 aliphatic heterocycles. The summed E-state index contributed by atoms with van der Waals surface area (Å²) >= 11 is 0. The Morgan fingerprint density at radius 2 is 2.26 bits per heavy atom. The second-order valence-electron chi connectivity index (χ2n) is 5.91. The number of fused-ring (bicyclic) bond motifs is 1.